The van der Waals surface area contributed by atoms with E-state index in [9.17, 15) is 27.6 Å². The summed E-state index contributed by atoms with van der Waals surface area (Å²) in [5.41, 5.74) is 4.78. The summed E-state index contributed by atoms with van der Waals surface area (Å²) in [7, 11) is 0. The molecule has 5 nitrogen and oxygen atoms in total. The Morgan fingerprint density at radius 2 is 1.74 bits per heavy atom. The zero-order valence-corrected chi connectivity index (χ0v) is 14.0. The summed E-state index contributed by atoms with van der Waals surface area (Å²) < 4.78 is 37.8. The molecular formula is C19H15F3N2O3. The number of amides is 3. The molecule has 1 heterocycles. The number of alkyl halides is 3. The highest BCUT2D eigenvalue weighted by atomic mass is 19.4. The number of imide groups is 1. The third-order valence-corrected chi connectivity index (χ3v) is 5.53. The second-order valence-corrected chi connectivity index (χ2v) is 7.08. The molecule has 3 aliphatic rings. The number of halogens is 3. The van der Waals surface area contributed by atoms with Gasteiger partial charge in [0, 0.05) is 5.56 Å². The van der Waals surface area contributed by atoms with Crippen molar-refractivity contribution in [3.05, 3.63) is 53.3 Å². The van der Waals surface area contributed by atoms with Gasteiger partial charge in [-0.2, -0.15) is 18.2 Å². The van der Waals surface area contributed by atoms with Crippen LogP contribution >= 0.6 is 0 Å². The molecule has 8 heteroatoms. The van der Waals surface area contributed by atoms with E-state index in [2.05, 4.69) is 17.7 Å². The average Bonchev–Trinajstić information content (AvgIpc) is 3.37. The lowest BCUT2D eigenvalue weighted by molar-refractivity contribution is -0.142. The van der Waals surface area contributed by atoms with Crippen LogP contribution in [0.4, 0.5) is 13.2 Å². The molecule has 0 bridgehead atoms. The predicted molar refractivity (Wildman–Crippen MR) is 86.6 cm³/mol. The number of carbonyl (C=O) groups excluding carboxylic acids is 3. The quantitative estimate of drug-likeness (QED) is 0.638. The molecule has 0 radical (unpaired) electrons. The van der Waals surface area contributed by atoms with Crippen LogP contribution in [0, 0.1) is 23.7 Å². The largest absolute Gasteiger partial charge is 0.416 e. The van der Waals surface area contributed by atoms with Crippen molar-refractivity contribution in [2.45, 2.75) is 19.0 Å². The molecule has 3 amide bonds. The Bertz CT molecular complexity index is 900. The molecule has 1 aliphatic heterocycles. The number of hydrazine groups is 1. The maximum Gasteiger partial charge on any atom is 0.416 e. The molecule has 1 N–H and O–H groups in total. The van der Waals surface area contributed by atoms with Gasteiger partial charge in [0.25, 0.3) is 17.7 Å². The van der Waals surface area contributed by atoms with Crippen LogP contribution in [0.1, 0.15) is 28.8 Å². The van der Waals surface area contributed by atoms with Crippen molar-refractivity contribution < 1.29 is 27.6 Å². The molecule has 2 saturated carbocycles. The van der Waals surface area contributed by atoms with Crippen LogP contribution < -0.4 is 5.43 Å². The molecule has 0 spiro atoms. The average molecular weight is 376 g/mol. The van der Waals surface area contributed by atoms with Gasteiger partial charge in [0.1, 0.15) is 0 Å². The summed E-state index contributed by atoms with van der Waals surface area (Å²) in [6.45, 7) is 3.62. The topological polar surface area (TPSA) is 66.5 Å². The summed E-state index contributed by atoms with van der Waals surface area (Å²) in [5.74, 6) is -2.49. The minimum absolute atomic E-state index is 0.0826. The summed E-state index contributed by atoms with van der Waals surface area (Å²) in [6, 6.07) is 3.55. The first-order valence-corrected chi connectivity index (χ1v) is 8.48. The van der Waals surface area contributed by atoms with Crippen LogP contribution in [0.2, 0.25) is 0 Å². The van der Waals surface area contributed by atoms with Crippen LogP contribution in [0.15, 0.2) is 42.1 Å². The van der Waals surface area contributed by atoms with Gasteiger partial charge in [-0.05, 0) is 54.5 Å². The first-order valence-electron chi connectivity index (χ1n) is 8.48. The number of nitrogens with one attached hydrogen (secondary N) is 1. The minimum atomic E-state index is -4.51. The van der Waals surface area contributed by atoms with Crippen molar-refractivity contribution in [1.29, 1.82) is 0 Å². The molecule has 1 aromatic rings. The Morgan fingerprint density at radius 1 is 1.11 bits per heavy atom. The summed E-state index contributed by atoms with van der Waals surface area (Å²) in [4.78, 5) is 37.6. The Labute approximate surface area is 152 Å². The van der Waals surface area contributed by atoms with Gasteiger partial charge in [0.15, 0.2) is 0 Å². The molecule has 0 aromatic heterocycles. The van der Waals surface area contributed by atoms with Crippen LogP contribution in [-0.4, -0.2) is 22.7 Å². The lowest BCUT2D eigenvalue weighted by atomic mass is 9.78. The van der Waals surface area contributed by atoms with E-state index in [1.807, 2.05) is 0 Å². The normalized spacial score (nSPS) is 29.1. The Balaban J connectivity index is 1.53. The fourth-order valence-corrected chi connectivity index (χ4v) is 4.09. The van der Waals surface area contributed by atoms with Crippen molar-refractivity contribution >= 4 is 17.7 Å². The first kappa shape index (κ1) is 17.5. The number of carbonyl (C=O) groups is 3. The maximum atomic E-state index is 12.7. The third kappa shape index (κ3) is 2.77. The zero-order valence-electron chi connectivity index (χ0n) is 14.0. The summed E-state index contributed by atoms with van der Waals surface area (Å²) in [5, 5.41) is 0.692. The Kier molecular flexibility index (Phi) is 3.78. The molecule has 3 fully saturated rings. The first-order chi connectivity index (χ1) is 12.7. The van der Waals surface area contributed by atoms with Gasteiger partial charge in [-0.15, -0.1) is 5.73 Å². The molecule has 1 saturated heterocycles. The zero-order chi connectivity index (χ0) is 19.5. The van der Waals surface area contributed by atoms with Crippen molar-refractivity contribution in [3.8, 4) is 0 Å². The Hall–Kier alpha value is -2.86. The monoisotopic (exact) mass is 376 g/mol. The smallest absolute Gasteiger partial charge is 0.272 e. The standard InChI is InChI=1S/C19H15F3N2O3/c1-2-12-13-7-10(13)8-14-15(12)18(27)24(17(14)26)23-16(25)9-3-5-11(6-4-9)19(20,21)22/h3-6,10,13-15H,1,7-8H2,(H,23,25)/t10-,13+,14-,15-/m1/s1. The summed E-state index contributed by atoms with van der Waals surface area (Å²) in [6.07, 6.45) is -3.01. The third-order valence-electron chi connectivity index (χ3n) is 5.53. The van der Waals surface area contributed by atoms with Gasteiger partial charge in [0.2, 0.25) is 0 Å². The van der Waals surface area contributed by atoms with E-state index in [4.69, 9.17) is 0 Å². The maximum absolute atomic E-state index is 12.7. The van der Waals surface area contributed by atoms with Crippen LogP contribution in [0.5, 0.6) is 0 Å². The van der Waals surface area contributed by atoms with E-state index < -0.39 is 41.3 Å². The van der Waals surface area contributed by atoms with Crippen molar-refractivity contribution in [2.75, 3.05) is 0 Å². The number of nitrogens with zero attached hydrogens (tertiary/aromatic N) is 1. The minimum Gasteiger partial charge on any atom is -0.272 e. The fourth-order valence-electron chi connectivity index (χ4n) is 4.09. The number of hydrogen-bond acceptors (Lipinski definition) is 3. The van der Waals surface area contributed by atoms with Gasteiger partial charge in [0.05, 0.1) is 17.4 Å². The van der Waals surface area contributed by atoms with E-state index in [1.54, 1.807) is 0 Å². The van der Waals surface area contributed by atoms with Gasteiger partial charge in [-0.3, -0.25) is 19.8 Å². The molecule has 1 aromatic carbocycles. The second kappa shape index (κ2) is 5.82. The van der Waals surface area contributed by atoms with E-state index in [-0.39, 0.29) is 11.5 Å². The van der Waals surface area contributed by atoms with Crippen molar-refractivity contribution in [1.82, 2.24) is 10.4 Å². The summed E-state index contributed by atoms with van der Waals surface area (Å²) >= 11 is 0. The SMILES string of the molecule is C=C=C1[C@H]2C(=O)N(NC(=O)c3ccc(C(F)(F)F)cc3)C(=O)[C@@H]2C[C@H]2C[C@H]12. The van der Waals surface area contributed by atoms with E-state index in [0.717, 1.165) is 36.3 Å². The molecule has 4 rings (SSSR count). The molecular weight excluding hydrogens is 361 g/mol. The number of rotatable bonds is 2. The molecule has 2 aliphatic carbocycles. The second-order valence-electron chi connectivity index (χ2n) is 7.08. The predicted octanol–water partition coefficient (Wildman–Crippen LogP) is 2.70. The lowest BCUT2D eigenvalue weighted by Gasteiger charge is -2.21. The van der Waals surface area contributed by atoms with Gasteiger partial charge in [-0.1, -0.05) is 6.58 Å². The fraction of sp³-hybridized carbons (Fsp3) is 0.368. The van der Waals surface area contributed by atoms with E-state index >= 15 is 0 Å². The molecule has 27 heavy (non-hydrogen) atoms. The van der Waals surface area contributed by atoms with Gasteiger partial charge >= 0.3 is 6.18 Å². The number of fused-ring (bicyclic) bond motifs is 2. The van der Waals surface area contributed by atoms with Crippen molar-refractivity contribution in [3.63, 3.8) is 0 Å². The van der Waals surface area contributed by atoms with E-state index in [1.165, 1.54) is 0 Å². The molecule has 0 unspecified atom stereocenters. The van der Waals surface area contributed by atoms with Crippen LogP contribution in [0.25, 0.3) is 0 Å². The highest BCUT2D eigenvalue weighted by molar-refractivity contribution is 6.09. The number of hydrogen-bond donors (Lipinski definition) is 1. The van der Waals surface area contributed by atoms with Gasteiger partial charge in [-0.25, -0.2) is 0 Å². The molecule has 4 atom stereocenters. The Morgan fingerprint density at radius 3 is 2.33 bits per heavy atom. The highest BCUT2D eigenvalue weighted by Crippen LogP contribution is 2.58. The van der Waals surface area contributed by atoms with Crippen LogP contribution in [0.3, 0.4) is 0 Å². The highest BCUT2D eigenvalue weighted by Gasteiger charge is 2.60. The van der Waals surface area contributed by atoms with Crippen LogP contribution in [-0.2, 0) is 15.8 Å². The molecule has 140 valence electrons. The van der Waals surface area contributed by atoms with Crippen molar-refractivity contribution in [2.24, 2.45) is 23.7 Å². The number of benzene rings is 1. The van der Waals surface area contributed by atoms with E-state index in [0.29, 0.717) is 17.3 Å². The van der Waals surface area contributed by atoms with Gasteiger partial charge < -0.3 is 0 Å². The lowest BCUT2D eigenvalue weighted by Crippen LogP contribution is -2.46.